The van der Waals surface area contributed by atoms with E-state index in [0.29, 0.717) is 12.3 Å². The van der Waals surface area contributed by atoms with Crippen molar-refractivity contribution in [1.29, 1.82) is 0 Å². The van der Waals surface area contributed by atoms with Crippen LogP contribution in [0.5, 0.6) is 0 Å². The van der Waals surface area contributed by atoms with Crippen molar-refractivity contribution in [2.45, 2.75) is 26.7 Å². The lowest BCUT2D eigenvalue weighted by Crippen LogP contribution is -2.24. The molecule has 3 aromatic rings. The molecule has 2 aromatic heterocycles. The highest BCUT2D eigenvalue weighted by atomic mass is 32.1. The highest BCUT2D eigenvalue weighted by Crippen LogP contribution is 2.26. The first-order valence-electron chi connectivity index (χ1n) is 8.93. The molecule has 0 saturated heterocycles. The molecule has 0 atom stereocenters. The second kappa shape index (κ2) is 7.08. The van der Waals surface area contributed by atoms with Gasteiger partial charge in [-0.2, -0.15) is 0 Å². The van der Waals surface area contributed by atoms with Gasteiger partial charge in [0.25, 0.3) is 5.91 Å². The number of hydrogen-bond donors (Lipinski definition) is 1. The number of imidazole rings is 1. The number of benzene rings is 1. The van der Waals surface area contributed by atoms with Crippen molar-refractivity contribution >= 4 is 28.0 Å². The summed E-state index contributed by atoms with van der Waals surface area (Å²) in [6.45, 7) is 4.55. The highest BCUT2D eigenvalue weighted by Gasteiger charge is 2.21. The van der Waals surface area contributed by atoms with Crippen LogP contribution in [-0.4, -0.2) is 32.7 Å². The van der Waals surface area contributed by atoms with Crippen LogP contribution in [0.25, 0.3) is 11.3 Å². The zero-order chi connectivity index (χ0) is 19.0. The summed E-state index contributed by atoms with van der Waals surface area (Å²) < 4.78 is 2.05. The standard InChI is InChI=1S/C20H21N5OS/c1-12-22-10-17(25(12)3)15-7-6-14-5-4-8-21-19(16(14)9-15)20(26)24-18-11-23-13(2)27-18/h6-7,9-11H,4-5,8H2,1-3H3,(H,24,26). The van der Waals surface area contributed by atoms with Crippen molar-refractivity contribution < 1.29 is 4.79 Å². The number of aryl methyl sites for hydroxylation is 3. The summed E-state index contributed by atoms with van der Waals surface area (Å²) >= 11 is 1.46. The number of rotatable bonds is 3. The molecule has 0 spiro atoms. The molecule has 1 N–H and O–H groups in total. The normalized spacial score (nSPS) is 13.7. The molecular weight excluding hydrogens is 358 g/mol. The Bertz CT molecular complexity index is 1050. The lowest BCUT2D eigenvalue weighted by Gasteiger charge is -2.12. The van der Waals surface area contributed by atoms with Crippen molar-refractivity contribution in [3.05, 3.63) is 52.6 Å². The number of anilines is 1. The maximum atomic E-state index is 12.9. The highest BCUT2D eigenvalue weighted by molar-refractivity contribution is 7.15. The van der Waals surface area contributed by atoms with Crippen LogP contribution in [0.4, 0.5) is 5.00 Å². The molecule has 0 radical (unpaired) electrons. The van der Waals surface area contributed by atoms with Crippen LogP contribution in [-0.2, 0) is 18.3 Å². The second-order valence-corrected chi connectivity index (χ2v) is 7.89. The monoisotopic (exact) mass is 379 g/mol. The van der Waals surface area contributed by atoms with E-state index in [9.17, 15) is 4.79 Å². The fourth-order valence-corrected chi connectivity index (χ4v) is 3.95. The van der Waals surface area contributed by atoms with E-state index in [1.54, 1.807) is 6.20 Å². The van der Waals surface area contributed by atoms with Gasteiger partial charge in [-0.15, -0.1) is 11.3 Å². The Balaban J connectivity index is 1.72. The maximum Gasteiger partial charge on any atom is 0.275 e. The van der Waals surface area contributed by atoms with Gasteiger partial charge >= 0.3 is 0 Å². The fraction of sp³-hybridized carbons (Fsp3) is 0.300. The zero-order valence-electron chi connectivity index (χ0n) is 15.6. The van der Waals surface area contributed by atoms with Gasteiger partial charge in [-0.1, -0.05) is 12.1 Å². The summed E-state index contributed by atoms with van der Waals surface area (Å²) in [6.07, 6.45) is 5.41. The minimum Gasteiger partial charge on any atom is -0.331 e. The molecule has 1 amide bonds. The number of nitrogens with zero attached hydrogens (tertiary/aromatic N) is 4. The Morgan fingerprint density at radius 1 is 1.22 bits per heavy atom. The molecule has 4 rings (SSSR count). The van der Waals surface area contributed by atoms with Crippen LogP contribution in [0.15, 0.2) is 35.6 Å². The Morgan fingerprint density at radius 3 is 2.78 bits per heavy atom. The number of carbonyl (C=O) groups is 1. The molecule has 3 heterocycles. The van der Waals surface area contributed by atoms with E-state index < -0.39 is 0 Å². The minimum atomic E-state index is -0.180. The smallest absolute Gasteiger partial charge is 0.275 e. The average Bonchev–Trinajstić information content (AvgIpc) is 3.12. The van der Waals surface area contributed by atoms with Crippen LogP contribution in [0.1, 0.15) is 28.4 Å². The number of aliphatic imine (C=N–C) groups is 1. The van der Waals surface area contributed by atoms with E-state index in [-0.39, 0.29) is 5.91 Å². The zero-order valence-corrected chi connectivity index (χ0v) is 16.4. The molecule has 6 nitrogen and oxygen atoms in total. The molecule has 1 aliphatic heterocycles. The number of thiazole rings is 1. The summed E-state index contributed by atoms with van der Waals surface area (Å²) in [6, 6.07) is 6.27. The Labute approximate surface area is 162 Å². The minimum absolute atomic E-state index is 0.180. The van der Waals surface area contributed by atoms with Crippen molar-refractivity contribution in [3.63, 3.8) is 0 Å². The summed E-state index contributed by atoms with van der Waals surface area (Å²) in [4.78, 5) is 26.1. The predicted octanol–water partition coefficient (Wildman–Crippen LogP) is 3.53. The van der Waals surface area contributed by atoms with Crippen molar-refractivity contribution in [3.8, 4) is 11.3 Å². The third-order valence-corrected chi connectivity index (χ3v) is 5.66. The van der Waals surface area contributed by atoms with Gasteiger partial charge in [-0.3, -0.25) is 9.79 Å². The van der Waals surface area contributed by atoms with Gasteiger partial charge in [0.2, 0.25) is 0 Å². The summed E-state index contributed by atoms with van der Waals surface area (Å²) in [5, 5.41) is 4.60. The summed E-state index contributed by atoms with van der Waals surface area (Å²) in [7, 11) is 2.00. The van der Waals surface area contributed by atoms with Gasteiger partial charge < -0.3 is 9.88 Å². The number of aromatic nitrogens is 3. The number of amides is 1. The Morgan fingerprint density at radius 2 is 2.07 bits per heavy atom. The molecule has 0 unspecified atom stereocenters. The predicted molar refractivity (Wildman–Crippen MR) is 109 cm³/mol. The van der Waals surface area contributed by atoms with Gasteiger partial charge in [0.05, 0.1) is 23.1 Å². The Hall–Kier alpha value is -2.80. The SMILES string of the molecule is Cc1ncc(NC(=O)C2=NCCCc3ccc(-c4cnc(C)n4C)cc32)s1. The molecule has 138 valence electrons. The maximum absolute atomic E-state index is 12.9. The van der Waals surface area contributed by atoms with Crippen LogP contribution in [0.3, 0.4) is 0 Å². The molecule has 7 heteroatoms. The molecular formula is C20H21N5OS. The fourth-order valence-electron chi connectivity index (χ4n) is 3.27. The molecule has 0 saturated carbocycles. The van der Waals surface area contributed by atoms with E-state index in [1.165, 1.54) is 11.3 Å². The first-order valence-corrected chi connectivity index (χ1v) is 9.75. The van der Waals surface area contributed by atoms with Crippen molar-refractivity contribution in [1.82, 2.24) is 14.5 Å². The lowest BCUT2D eigenvalue weighted by molar-refractivity contribution is -0.110. The largest absolute Gasteiger partial charge is 0.331 e. The molecule has 0 fully saturated rings. The van der Waals surface area contributed by atoms with Crippen LogP contribution >= 0.6 is 11.3 Å². The van der Waals surface area contributed by atoms with E-state index in [1.807, 2.05) is 27.1 Å². The molecule has 1 aromatic carbocycles. The van der Waals surface area contributed by atoms with Crippen molar-refractivity contribution in [2.75, 3.05) is 11.9 Å². The topological polar surface area (TPSA) is 72.2 Å². The third-order valence-electron chi connectivity index (χ3n) is 4.83. The molecule has 1 aliphatic rings. The number of hydrogen-bond acceptors (Lipinski definition) is 5. The van der Waals surface area contributed by atoms with Gasteiger partial charge in [-0.25, -0.2) is 9.97 Å². The third kappa shape index (κ3) is 3.42. The van der Waals surface area contributed by atoms with Gasteiger partial charge in [0, 0.05) is 24.7 Å². The molecule has 0 bridgehead atoms. The number of carbonyl (C=O) groups excluding carboxylic acids is 1. The van der Waals surface area contributed by atoms with E-state index in [4.69, 9.17) is 0 Å². The summed E-state index contributed by atoms with van der Waals surface area (Å²) in [5.41, 5.74) is 4.62. The average molecular weight is 379 g/mol. The number of fused-ring (bicyclic) bond motifs is 1. The second-order valence-electron chi connectivity index (χ2n) is 6.65. The first kappa shape index (κ1) is 17.6. The van der Waals surface area contributed by atoms with E-state index in [2.05, 4.69) is 43.0 Å². The first-order chi connectivity index (χ1) is 13.0. The molecule has 27 heavy (non-hydrogen) atoms. The Kier molecular flexibility index (Phi) is 4.61. The van der Waals surface area contributed by atoms with Gasteiger partial charge in [-0.05, 0) is 38.3 Å². The van der Waals surface area contributed by atoms with Crippen LogP contribution < -0.4 is 5.32 Å². The van der Waals surface area contributed by atoms with Gasteiger partial charge in [0.1, 0.15) is 16.5 Å². The van der Waals surface area contributed by atoms with Crippen molar-refractivity contribution in [2.24, 2.45) is 12.0 Å². The quantitative estimate of drug-likeness (QED) is 0.757. The molecule has 0 aliphatic carbocycles. The van der Waals surface area contributed by atoms with Crippen LogP contribution in [0, 0.1) is 13.8 Å². The number of nitrogens with one attached hydrogen (secondary N) is 1. The van der Waals surface area contributed by atoms with Gasteiger partial charge in [0.15, 0.2) is 0 Å². The summed E-state index contributed by atoms with van der Waals surface area (Å²) in [5.74, 6) is 0.771. The van der Waals surface area contributed by atoms with E-state index in [0.717, 1.165) is 51.1 Å². The lowest BCUT2D eigenvalue weighted by atomic mass is 9.96. The van der Waals surface area contributed by atoms with E-state index >= 15 is 0 Å². The van der Waals surface area contributed by atoms with Crippen LogP contribution in [0.2, 0.25) is 0 Å².